The first kappa shape index (κ1) is 15.5. The number of furan rings is 1. The van der Waals surface area contributed by atoms with Gasteiger partial charge in [-0.05, 0) is 48.2 Å². The van der Waals surface area contributed by atoms with Crippen molar-refractivity contribution in [2.24, 2.45) is 7.05 Å². The van der Waals surface area contributed by atoms with Crippen LogP contribution in [0.5, 0.6) is 0 Å². The van der Waals surface area contributed by atoms with Crippen molar-refractivity contribution in [1.29, 1.82) is 0 Å². The van der Waals surface area contributed by atoms with Gasteiger partial charge in [-0.15, -0.1) is 10.2 Å². The van der Waals surface area contributed by atoms with E-state index in [1.165, 1.54) is 11.8 Å². The van der Waals surface area contributed by atoms with E-state index >= 15 is 0 Å². The molecule has 0 fully saturated rings. The quantitative estimate of drug-likeness (QED) is 0.603. The normalized spacial score (nSPS) is 10.9. The molecule has 124 valence electrons. The summed E-state index contributed by atoms with van der Waals surface area (Å²) in [6, 6.07) is 16.8. The molecule has 2 aromatic heterocycles. The molecule has 0 saturated heterocycles. The van der Waals surface area contributed by atoms with Crippen molar-refractivity contribution in [2.75, 3.05) is 5.32 Å². The lowest BCUT2D eigenvalue weighted by Crippen LogP contribution is -2.10. The topological polar surface area (TPSA) is 73.0 Å². The highest BCUT2D eigenvalue weighted by molar-refractivity contribution is 7.99. The van der Waals surface area contributed by atoms with Crippen molar-refractivity contribution < 1.29 is 9.21 Å². The first-order chi connectivity index (χ1) is 12.2. The maximum Gasteiger partial charge on any atom is 0.291 e. The van der Waals surface area contributed by atoms with E-state index in [9.17, 15) is 4.79 Å². The zero-order valence-electron chi connectivity index (χ0n) is 13.3. The van der Waals surface area contributed by atoms with Gasteiger partial charge in [0.05, 0.1) is 0 Å². The zero-order chi connectivity index (χ0) is 17.2. The standard InChI is InChI=1S/C18H14N4O2S/c1-22-11-19-21-18(22)25-14-8-6-13(7-9-14)20-17(23)16-10-12-4-2-3-5-15(12)24-16/h2-11H,1H3,(H,20,23). The Morgan fingerprint density at radius 3 is 2.68 bits per heavy atom. The van der Waals surface area contributed by atoms with E-state index in [0.29, 0.717) is 17.0 Å². The SMILES string of the molecule is Cn1cnnc1Sc1ccc(NC(=O)c2cc3ccccc3o2)cc1. The van der Waals surface area contributed by atoms with Gasteiger partial charge in [-0.25, -0.2) is 0 Å². The molecule has 6 nitrogen and oxygen atoms in total. The smallest absolute Gasteiger partial charge is 0.291 e. The number of rotatable bonds is 4. The predicted molar refractivity (Wildman–Crippen MR) is 95.7 cm³/mol. The molecule has 0 radical (unpaired) electrons. The molecular weight excluding hydrogens is 336 g/mol. The highest BCUT2D eigenvalue weighted by Gasteiger charge is 2.12. The van der Waals surface area contributed by atoms with Gasteiger partial charge in [0.25, 0.3) is 5.91 Å². The molecule has 25 heavy (non-hydrogen) atoms. The van der Waals surface area contributed by atoms with E-state index in [4.69, 9.17) is 4.42 Å². The number of anilines is 1. The van der Waals surface area contributed by atoms with Gasteiger partial charge in [0.2, 0.25) is 0 Å². The minimum Gasteiger partial charge on any atom is -0.451 e. The van der Waals surface area contributed by atoms with E-state index in [-0.39, 0.29) is 5.91 Å². The Labute approximate surface area is 147 Å². The van der Waals surface area contributed by atoms with Crippen LogP contribution in [0.25, 0.3) is 11.0 Å². The fraction of sp³-hybridized carbons (Fsp3) is 0.0556. The maximum absolute atomic E-state index is 12.3. The maximum atomic E-state index is 12.3. The summed E-state index contributed by atoms with van der Waals surface area (Å²) in [5, 5.41) is 12.4. The van der Waals surface area contributed by atoms with E-state index in [1.54, 1.807) is 12.4 Å². The number of carbonyl (C=O) groups is 1. The second-order valence-electron chi connectivity index (χ2n) is 5.45. The van der Waals surface area contributed by atoms with Crippen LogP contribution in [0.1, 0.15) is 10.6 Å². The lowest BCUT2D eigenvalue weighted by Gasteiger charge is -2.05. The second-order valence-corrected chi connectivity index (χ2v) is 6.49. The summed E-state index contributed by atoms with van der Waals surface area (Å²) in [6.45, 7) is 0. The predicted octanol–water partition coefficient (Wildman–Crippen LogP) is 3.96. The van der Waals surface area contributed by atoms with Crippen LogP contribution in [0.15, 0.2) is 75.4 Å². The Hall–Kier alpha value is -3.06. The van der Waals surface area contributed by atoms with Gasteiger partial charge >= 0.3 is 0 Å². The number of fused-ring (bicyclic) bond motifs is 1. The molecule has 2 aromatic carbocycles. The number of amides is 1. The van der Waals surface area contributed by atoms with Gasteiger partial charge < -0.3 is 14.3 Å². The number of carbonyl (C=O) groups excluding carboxylic acids is 1. The van der Waals surface area contributed by atoms with Crippen LogP contribution in [-0.4, -0.2) is 20.7 Å². The number of aryl methyl sites for hydroxylation is 1. The van der Waals surface area contributed by atoms with Gasteiger partial charge in [0.1, 0.15) is 11.9 Å². The van der Waals surface area contributed by atoms with Crippen LogP contribution >= 0.6 is 11.8 Å². The van der Waals surface area contributed by atoms with Crippen LogP contribution in [-0.2, 0) is 7.05 Å². The molecule has 0 unspecified atom stereocenters. The molecule has 0 aliphatic rings. The molecule has 1 amide bonds. The molecule has 0 aliphatic carbocycles. The van der Waals surface area contributed by atoms with Gasteiger partial charge in [-0.3, -0.25) is 4.79 Å². The number of aromatic nitrogens is 3. The highest BCUT2D eigenvalue weighted by Crippen LogP contribution is 2.26. The lowest BCUT2D eigenvalue weighted by molar-refractivity contribution is 0.0998. The fourth-order valence-corrected chi connectivity index (χ4v) is 3.13. The number of nitrogens with zero attached hydrogens (tertiary/aromatic N) is 3. The molecule has 1 N–H and O–H groups in total. The van der Waals surface area contributed by atoms with Gasteiger partial charge in [0.15, 0.2) is 10.9 Å². The monoisotopic (exact) mass is 350 g/mol. The molecule has 0 spiro atoms. The van der Waals surface area contributed by atoms with Gasteiger partial charge in [0, 0.05) is 23.0 Å². The van der Waals surface area contributed by atoms with Gasteiger partial charge in [-0.2, -0.15) is 0 Å². The summed E-state index contributed by atoms with van der Waals surface area (Å²) < 4.78 is 7.42. The average molecular weight is 350 g/mol. The van der Waals surface area contributed by atoms with Crippen LogP contribution in [0.2, 0.25) is 0 Å². The van der Waals surface area contributed by atoms with E-state index in [1.807, 2.05) is 60.1 Å². The van der Waals surface area contributed by atoms with Crippen molar-refractivity contribution in [1.82, 2.24) is 14.8 Å². The van der Waals surface area contributed by atoms with Gasteiger partial charge in [-0.1, -0.05) is 18.2 Å². The molecule has 0 aliphatic heterocycles. The Bertz CT molecular complexity index is 1000. The number of hydrogen-bond donors (Lipinski definition) is 1. The molecule has 4 aromatic rings. The summed E-state index contributed by atoms with van der Waals surface area (Å²) in [5.74, 6) is 0.0173. The Morgan fingerprint density at radius 2 is 1.96 bits per heavy atom. The van der Waals surface area contributed by atoms with Crippen LogP contribution < -0.4 is 5.32 Å². The first-order valence-corrected chi connectivity index (χ1v) is 8.42. The number of hydrogen-bond acceptors (Lipinski definition) is 5. The summed E-state index contributed by atoms with van der Waals surface area (Å²) in [5.41, 5.74) is 1.40. The largest absolute Gasteiger partial charge is 0.451 e. The van der Waals surface area contributed by atoms with Crippen molar-refractivity contribution in [3.63, 3.8) is 0 Å². The summed E-state index contributed by atoms with van der Waals surface area (Å²) in [6.07, 6.45) is 1.66. The summed E-state index contributed by atoms with van der Waals surface area (Å²) >= 11 is 1.51. The fourth-order valence-electron chi connectivity index (χ4n) is 2.36. The van der Waals surface area contributed by atoms with Crippen LogP contribution in [0.4, 0.5) is 5.69 Å². The van der Waals surface area contributed by atoms with Crippen molar-refractivity contribution >= 4 is 34.3 Å². The lowest BCUT2D eigenvalue weighted by atomic mass is 10.2. The molecule has 0 bridgehead atoms. The number of para-hydroxylation sites is 1. The molecular formula is C18H14N4O2S. The van der Waals surface area contributed by atoms with E-state index < -0.39 is 0 Å². The zero-order valence-corrected chi connectivity index (χ0v) is 14.2. The molecule has 0 saturated carbocycles. The Balaban J connectivity index is 1.47. The minimum atomic E-state index is -0.273. The number of nitrogens with one attached hydrogen (secondary N) is 1. The summed E-state index contributed by atoms with van der Waals surface area (Å²) in [4.78, 5) is 13.3. The molecule has 2 heterocycles. The Morgan fingerprint density at radius 1 is 1.16 bits per heavy atom. The van der Waals surface area contributed by atoms with Crippen molar-refractivity contribution in [3.8, 4) is 0 Å². The van der Waals surface area contributed by atoms with Crippen molar-refractivity contribution in [3.05, 3.63) is 66.7 Å². The third-order valence-electron chi connectivity index (χ3n) is 3.64. The van der Waals surface area contributed by atoms with Crippen LogP contribution in [0.3, 0.4) is 0 Å². The first-order valence-electron chi connectivity index (χ1n) is 7.61. The van der Waals surface area contributed by atoms with Crippen LogP contribution in [0, 0.1) is 0 Å². The third kappa shape index (κ3) is 3.27. The second kappa shape index (κ2) is 6.45. The third-order valence-corrected chi connectivity index (χ3v) is 4.70. The van der Waals surface area contributed by atoms with Crippen molar-refractivity contribution in [2.45, 2.75) is 10.1 Å². The van der Waals surface area contributed by atoms with E-state index in [2.05, 4.69) is 15.5 Å². The number of benzene rings is 2. The molecule has 7 heteroatoms. The highest BCUT2D eigenvalue weighted by atomic mass is 32.2. The van der Waals surface area contributed by atoms with E-state index in [0.717, 1.165) is 15.4 Å². The summed E-state index contributed by atoms with van der Waals surface area (Å²) in [7, 11) is 1.89. The molecule has 0 atom stereocenters. The average Bonchev–Trinajstić information content (AvgIpc) is 3.23. The molecule has 4 rings (SSSR count). The minimum absolute atomic E-state index is 0.273. The Kier molecular flexibility index (Phi) is 3.99.